The highest BCUT2D eigenvalue weighted by atomic mass is 15.3. The van der Waals surface area contributed by atoms with Crippen LogP contribution in [0.25, 0.3) is 5.69 Å². The van der Waals surface area contributed by atoms with Crippen LogP contribution in [0.1, 0.15) is 36.9 Å². The van der Waals surface area contributed by atoms with E-state index in [0.29, 0.717) is 0 Å². The van der Waals surface area contributed by atoms with Gasteiger partial charge in [-0.05, 0) is 37.0 Å². The quantitative estimate of drug-likeness (QED) is 0.763. The molecule has 0 aliphatic heterocycles. The van der Waals surface area contributed by atoms with Crippen LogP contribution in [0.15, 0.2) is 36.5 Å². The third-order valence-corrected chi connectivity index (χ3v) is 3.23. The van der Waals surface area contributed by atoms with E-state index in [9.17, 15) is 0 Å². The zero-order chi connectivity index (χ0) is 11.0. The lowest BCUT2D eigenvalue weighted by Crippen LogP contribution is -2.02. The van der Waals surface area contributed by atoms with Gasteiger partial charge >= 0.3 is 0 Å². The summed E-state index contributed by atoms with van der Waals surface area (Å²) in [5.74, 6) is 0.748. The molecule has 2 nitrogen and oxygen atoms in total. The van der Waals surface area contributed by atoms with Gasteiger partial charge in [-0.2, -0.15) is 5.10 Å². The highest BCUT2D eigenvalue weighted by molar-refractivity contribution is 5.37. The summed E-state index contributed by atoms with van der Waals surface area (Å²) >= 11 is 0. The van der Waals surface area contributed by atoms with Crippen LogP contribution in [0.3, 0.4) is 0 Å². The molecule has 0 unspecified atom stereocenters. The summed E-state index contributed by atoms with van der Waals surface area (Å²) in [5.41, 5.74) is 4.03. The molecule has 0 radical (unpaired) electrons. The van der Waals surface area contributed by atoms with Crippen LogP contribution in [0, 0.1) is 0 Å². The number of hydrogen-bond donors (Lipinski definition) is 0. The molecule has 0 saturated heterocycles. The van der Waals surface area contributed by atoms with Crippen molar-refractivity contribution in [2.75, 3.05) is 0 Å². The van der Waals surface area contributed by atoms with Crippen LogP contribution >= 0.6 is 0 Å². The molecule has 1 fully saturated rings. The second-order valence-electron chi connectivity index (χ2n) is 4.43. The van der Waals surface area contributed by atoms with Gasteiger partial charge in [-0.1, -0.05) is 25.1 Å². The Morgan fingerprint density at radius 2 is 2.00 bits per heavy atom. The van der Waals surface area contributed by atoms with Crippen molar-refractivity contribution >= 4 is 0 Å². The average Bonchev–Trinajstić information content (AvgIpc) is 3.09. The molecule has 1 aliphatic rings. The third kappa shape index (κ3) is 1.54. The zero-order valence-corrected chi connectivity index (χ0v) is 9.56. The number of benzene rings is 1. The van der Waals surface area contributed by atoms with Gasteiger partial charge in [-0.25, -0.2) is 4.68 Å². The summed E-state index contributed by atoms with van der Waals surface area (Å²) in [6, 6.07) is 10.4. The van der Waals surface area contributed by atoms with E-state index >= 15 is 0 Å². The molecule has 0 spiro atoms. The highest BCUT2D eigenvalue weighted by Gasteiger charge is 2.29. The van der Waals surface area contributed by atoms with Gasteiger partial charge in [0.1, 0.15) is 0 Å². The van der Waals surface area contributed by atoms with Crippen molar-refractivity contribution in [3.05, 3.63) is 47.8 Å². The average molecular weight is 212 g/mol. The summed E-state index contributed by atoms with van der Waals surface area (Å²) in [6.45, 7) is 2.21. The van der Waals surface area contributed by atoms with Crippen LogP contribution in [-0.2, 0) is 6.42 Å². The van der Waals surface area contributed by atoms with Crippen molar-refractivity contribution < 1.29 is 0 Å². The molecule has 16 heavy (non-hydrogen) atoms. The number of aryl methyl sites for hydroxylation is 1. The number of para-hydroxylation sites is 1. The SMILES string of the molecule is CCc1cnn(-c2ccccc2)c1C1CC1. The minimum Gasteiger partial charge on any atom is -0.237 e. The molecule has 1 saturated carbocycles. The number of hydrogen-bond acceptors (Lipinski definition) is 1. The first-order valence-electron chi connectivity index (χ1n) is 6.02. The Morgan fingerprint density at radius 1 is 1.25 bits per heavy atom. The first kappa shape index (κ1) is 9.64. The van der Waals surface area contributed by atoms with Gasteiger partial charge in [0.05, 0.1) is 17.6 Å². The molecule has 1 aliphatic carbocycles. The maximum atomic E-state index is 4.54. The minimum atomic E-state index is 0.748. The van der Waals surface area contributed by atoms with E-state index in [2.05, 4.69) is 41.0 Å². The Morgan fingerprint density at radius 3 is 2.62 bits per heavy atom. The molecule has 2 aromatic rings. The predicted octanol–water partition coefficient (Wildman–Crippen LogP) is 3.31. The fourth-order valence-corrected chi connectivity index (χ4v) is 2.23. The molecule has 1 aromatic heterocycles. The van der Waals surface area contributed by atoms with Gasteiger partial charge in [0.2, 0.25) is 0 Å². The Bertz CT molecular complexity index is 481. The molecule has 1 aromatic carbocycles. The summed E-state index contributed by atoms with van der Waals surface area (Å²) in [6.07, 6.45) is 5.76. The van der Waals surface area contributed by atoms with Crippen molar-refractivity contribution in [1.29, 1.82) is 0 Å². The normalized spacial score (nSPS) is 15.3. The van der Waals surface area contributed by atoms with E-state index < -0.39 is 0 Å². The molecule has 0 amide bonds. The van der Waals surface area contributed by atoms with E-state index in [1.165, 1.54) is 29.8 Å². The summed E-state index contributed by atoms with van der Waals surface area (Å²) in [5, 5.41) is 4.54. The van der Waals surface area contributed by atoms with Crippen molar-refractivity contribution in [1.82, 2.24) is 9.78 Å². The Labute approximate surface area is 95.9 Å². The number of nitrogens with zero attached hydrogens (tertiary/aromatic N) is 2. The van der Waals surface area contributed by atoms with Gasteiger partial charge in [-0.3, -0.25) is 0 Å². The lowest BCUT2D eigenvalue weighted by molar-refractivity contribution is 0.802. The van der Waals surface area contributed by atoms with E-state index in [1.807, 2.05) is 12.3 Å². The first-order chi connectivity index (χ1) is 7.90. The van der Waals surface area contributed by atoms with Crippen LogP contribution in [0.4, 0.5) is 0 Å². The third-order valence-electron chi connectivity index (χ3n) is 3.23. The van der Waals surface area contributed by atoms with Crippen LogP contribution in [0.5, 0.6) is 0 Å². The first-order valence-corrected chi connectivity index (χ1v) is 6.02. The fraction of sp³-hybridized carbons (Fsp3) is 0.357. The van der Waals surface area contributed by atoms with Crippen molar-refractivity contribution in [2.45, 2.75) is 32.1 Å². The zero-order valence-electron chi connectivity index (χ0n) is 9.56. The van der Waals surface area contributed by atoms with E-state index in [0.717, 1.165) is 12.3 Å². The number of aromatic nitrogens is 2. The molecule has 3 rings (SSSR count). The van der Waals surface area contributed by atoms with Crippen molar-refractivity contribution in [3.8, 4) is 5.69 Å². The Balaban J connectivity index is 2.10. The molecular formula is C14H16N2. The van der Waals surface area contributed by atoms with Crippen LogP contribution in [-0.4, -0.2) is 9.78 Å². The van der Waals surface area contributed by atoms with E-state index in [-0.39, 0.29) is 0 Å². The molecule has 2 heteroatoms. The van der Waals surface area contributed by atoms with Crippen LogP contribution < -0.4 is 0 Å². The summed E-state index contributed by atoms with van der Waals surface area (Å²) in [4.78, 5) is 0. The lowest BCUT2D eigenvalue weighted by atomic mass is 10.1. The maximum absolute atomic E-state index is 4.54. The van der Waals surface area contributed by atoms with Gasteiger partial charge in [0.15, 0.2) is 0 Å². The highest BCUT2D eigenvalue weighted by Crippen LogP contribution is 2.42. The summed E-state index contributed by atoms with van der Waals surface area (Å²) < 4.78 is 2.12. The van der Waals surface area contributed by atoms with Crippen molar-refractivity contribution in [3.63, 3.8) is 0 Å². The second kappa shape index (κ2) is 3.78. The van der Waals surface area contributed by atoms with Gasteiger partial charge in [0.25, 0.3) is 0 Å². The van der Waals surface area contributed by atoms with Gasteiger partial charge in [-0.15, -0.1) is 0 Å². The molecule has 0 bridgehead atoms. The Hall–Kier alpha value is -1.57. The molecule has 1 heterocycles. The largest absolute Gasteiger partial charge is 0.237 e. The molecule has 0 N–H and O–H groups in total. The van der Waals surface area contributed by atoms with Gasteiger partial charge < -0.3 is 0 Å². The standard InChI is InChI=1S/C14H16N2/c1-2-11-10-15-16(14(11)12-8-9-12)13-6-4-3-5-7-13/h3-7,10,12H,2,8-9H2,1H3. The second-order valence-corrected chi connectivity index (χ2v) is 4.43. The minimum absolute atomic E-state index is 0.748. The van der Waals surface area contributed by atoms with E-state index in [4.69, 9.17) is 0 Å². The predicted molar refractivity (Wildman–Crippen MR) is 64.9 cm³/mol. The lowest BCUT2D eigenvalue weighted by Gasteiger charge is -2.07. The number of rotatable bonds is 3. The van der Waals surface area contributed by atoms with Gasteiger partial charge in [0, 0.05) is 5.92 Å². The summed E-state index contributed by atoms with van der Waals surface area (Å²) in [7, 11) is 0. The molecule has 82 valence electrons. The fourth-order valence-electron chi connectivity index (χ4n) is 2.23. The van der Waals surface area contributed by atoms with Crippen molar-refractivity contribution in [2.24, 2.45) is 0 Å². The monoisotopic (exact) mass is 212 g/mol. The Kier molecular flexibility index (Phi) is 2.28. The van der Waals surface area contributed by atoms with Crippen LogP contribution in [0.2, 0.25) is 0 Å². The molecule has 0 atom stereocenters. The molecular weight excluding hydrogens is 196 g/mol. The van der Waals surface area contributed by atoms with E-state index in [1.54, 1.807) is 0 Å². The maximum Gasteiger partial charge on any atom is 0.0649 e. The smallest absolute Gasteiger partial charge is 0.0649 e. The topological polar surface area (TPSA) is 17.8 Å².